The van der Waals surface area contributed by atoms with Gasteiger partial charge in [0.2, 0.25) is 0 Å². The van der Waals surface area contributed by atoms with Gasteiger partial charge in [-0.05, 0) is 30.7 Å². The number of nitrogens with one attached hydrogen (secondary N) is 1. The zero-order valence-corrected chi connectivity index (χ0v) is 10.7. The van der Waals surface area contributed by atoms with Crippen molar-refractivity contribution in [2.45, 2.75) is 19.1 Å². The van der Waals surface area contributed by atoms with E-state index < -0.39 is 0 Å². The Hall–Kier alpha value is -1.75. The van der Waals surface area contributed by atoms with Crippen LogP contribution in [-0.4, -0.2) is 41.8 Å². The Balaban J connectivity index is 1.62. The molecule has 5 nitrogen and oxygen atoms in total. The number of hydrogen-bond donors (Lipinski definition) is 2. The fourth-order valence-electron chi connectivity index (χ4n) is 2.72. The van der Waals surface area contributed by atoms with E-state index in [9.17, 15) is 9.90 Å². The molecule has 2 aliphatic heterocycles. The molecule has 1 aromatic carbocycles. The fourth-order valence-corrected chi connectivity index (χ4v) is 2.72. The first-order valence-corrected chi connectivity index (χ1v) is 6.66. The summed E-state index contributed by atoms with van der Waals surface area (Å²) >= 11 is 0. The number of hydrogen-bond acceptors (Lipinski definition) is 4. The Morgan fingerprint density at radius 1 is 1.37 bits per heavy atom. The molecule has 1 aromatic rings. The predicted octanol–water partition coefficient (Wildman–Crippen LogP) is 1.32. The first-order valence-electron chi connectivity index (χ1n) is 6.66. The van der Waals surface area contributed by atoms with Crippen molar-refractivity contribution < 1.29 is 14.6 Å². The van der Waals surface area contributed by atoms with Crippen LogP contribution in [-0.2, 0) is 11.3 Å². The van der Waals surface area contributed by atoms with Crippen LogP contribution in [0.2, 0.25) is 0 Å². The lowest BCUT2D eigenvalue weighted by Crippen LogP contribution is -2.28. The van der Waals surface area contributed by atoms with Crippen molar-refractivity contribution in [3.63, 3.8) is 0 Å². The lowest BCUT2D eigenvalue weighted by molar-refractivity contribution is 0.107. The molecule has 3 rings (SSSR count). The van der Waals surface area contributed by atoms with E-state index in [-0.39, 0.29) is 17.9 Å². The van der Waals surface area contributed by atoms with Gasteiger partial charge < -0.3 is 20.1 Å². The second-order valence-electron chi connectivity index (χ2n) is 5.22. The number of carbonyl (C=O) groups excluding carboxylic acids is 1. The summed E-state index contributed by atoms with van der Waals surface area (Å²) in [6.45, 7) is 3.14. The number of phenols is 1. The maximum absolute atomic E-state index is 11.8. The number of phenolic OH excluding ortho intramolecular Hbond substituents is 1. The Bertz CT molecular complexity index is 454. The molecule has 2 aliphatic rings. The van der Waals surface area contributed by atoms with Crippen LogP contribution in [0.25, 0.3) is 0 Å². The maximum atomic E-state index is 11.8. The van der Waals surface area contributed by atoms with Crippen molar-refractivity contribution in [1.82, 2.24) is 10.2 Å². The largest absolute Gasteiger partial charge is 0.508 e. The van der Waals surface area contributed by atoms with E-state index in [0.717, 1.165) is 25.1 Å². The van der Waals surface area contributed by atoms with Gasteiger partial charge in [-0.25, -0.2) is 4.79 Å². The summed E-state index contributed by atoms with van der Waals surface area (Å²) < 4.78 is 5.45. The summed E-state index contributed by atoms with van der Waals surface area (Å²) in [7, 11) is 0. The Labute approximate surface area is 112 Å². The van der Waals surface area contributed by atoms with Gasteiger partial charge in [-0.15, -0.1) is 0 Å². The summed E-state index contributed by atoms with van der Waals surface area (Å²) in [5.74, 6) is 0.677. The van der Waals surface area contributed by atoms with Gasteiger partial charge in [0.1, 0.15) is 11.9 Å². The van der Waals surface area contributed by atoms with Gasteiger partial charge in [0, 0.05) is 19.0 Å². The monoisotopic (exact) mass is 262 g/mol. The minimum atomic E-state index is -0.232. The molecule has 2 unspecified atom stereocenters. The van der Waals surface area contributed by atoms with Crippen LogP contribution >= 0.6 is 0 Å². The zero-order chi connectivity index (χ0) is 13.2. The Morgan fingerprint density at radius 3 is 2.84 bits per heavy atom. The molecule has 0 spiro atoms. The summed E-state index contributed by atoms with van der Waals surface area (Å²) in [6.07, 6.45) is 0.856. The van der Waals surface area contributed by atoms with E-state index in [2.05, 4.69) is 5.32 Å². The number of rotatable bonds is 3. The highest BCUT2D eigenvalue weighted by Crippen LogP contribution is 2.24. The van der Waals surface area contributed by atoms with Crippen LogP contribution in [0.3, 0.4) is 0 Å². The first kappa shape index (κ1) is 12.3. The number of amides is 1. The molecular weight excluding hydrogens is 244 g/mol. The standard InChI is InChI=1S/C14H18N2O3/c17-12-3-1-10(2-4-12)8-16-9-13(19-14(16)18)11-5-6-15-7-11/h1-4,11,13,15,17H,5-9H2. The molecule has 2 heterocycles. The summed E-state index contributed by atoms with van der Waals surface area (Å²) in [4.78, 5) is 13.6. The molecule has 5 heteroatoms. The molecule has 102 valence electrons. The van der Waals surface area contributed by atoms with Crippen LogP contribution in [0, 0.1) is 5.92 Å². The van der Waals surface area contributed by atoms with Gasteiger partial charge in [0.15, 0.2) is 0 Å². The van der Waals surface area contributed by atoms with E-state index in [1.807, 2.05) is 12.1 Å². The van der Waals surface area contributed by atoms with E-state index in [4.69, 9.17) is 4.74 Å². The van der Waals surface area contributed by atoms with Crippen molar-refractivity contribution in [2.24, 2.45) is 5.92 Å². The first-order chi connectivity index (χ1) is 9.22. The molecule has 0 bridgehead atoms. The lowest BCUT2D eigenvalue weighted by atomic mass is 10.0. The number of carbonyl (C=O) groups is 1. The molecule has 0 saturated carbocycles. The molecule has 0 aromatic heterocycles. The van der Waals surface area contributed by atoms with Crippen LogP contribution in [0.15, 0.2) is 24.3 Å². The maximum Gasteiger partial charge on any atom is 0.410 e. The molecule has 2 fully saturated rings. The third kappa shape index (κ3) is 2.66. The quantitative estimate of drug-likeness (QED) is 0.862. The molecule has 2 saturated heterocycles. The number of aromatic hydroxyl groups is 1. The predicted molar refractivity (Wildman–Crippen MR) is 69.8 cm³/mol. The third-order valence-electron chi connectivity index (χ3n) is 3.84. The second-order valence-corrected chi connectivity index (χ2v) is 5.22. The number of ether oxygens (including phenoxy) is 1. The highest BCUT2D eigenvalue weighted by atomic mass is 16.6. The van der Waals surface area contributed by atoms with Gasteiger partial charge in [-0.1, -0.05) is 12.1 Å². The van der Waals surface area contributed by atoms with Crippen LogP contribution in [0.5, 0.6) is 5.75 Å². The average Bonchev–Trinajstić information content (AvgIpc) is 3.03. The van der Waals surface area contributed by atoms with Crippen LogP contribution in [0.4, 0.5) is 4.79 Å². The van der Waals surface area contributed by atoms with E-state index in [1.54, 1.807) is 17.0 Å². The van der Waals surface area contributed by atoms with Crippen molar-refractivity contribution in [2.75, 3.05) is 19.6 Å². The molecule has 1 amide bonds. The van der Waals surface area contributed by atoms with Crippen molar-refractivity contribution in [3.05, 3.63) is 29.8 Å². The van der Waals surface area contributed by atoms with Crippen molar-refractivity contribution in [3.8, 4) is 5.75 Å². The molecule has 0 aliphatic carbocycles. The van der Waals surface area contributed by atoms with E-state index in [1.165, 1.54) is 0 Å². The minimum absolute atomic E-state index is 0.0135. The summed E-state index contributed by atoms with van der Waals surface area (Å²) in [5, 5.41) is 12.5. The van der Waals surface area contributed by atoms with Gasteiger partial charge in [-0.2, -0.15) is 0 Å². The minimum Gasteiger partial charge on any atom is -0.508 e. The average molecular weight is 262 g/mol. The topological polar surface area (TPSA) is 61.8 Å². The van der Waals surface area contributed by atoms with E-state index in [0.29, 0.717) is 19.0 Å². The number of nitrogens with zero attached hydrogens (tertiary/aromatic N) is 1. The van der Waals surface area contributed by atoms with Crippen molar-refractivity contribution >= 4 is 6.09 Å². The number of cyclic esters (lactones) is 1. The molecule has 19 heavy (non-hydrogen) atoms. The summed E-state index contributed by atoms with van der Waals surface area (Å²) in [6, 6.07) is 6.92. The SMILES string of the molecule is O=C1OC(C2CCNC2)CN1Cc1ccc(O)cc1. The molecular formula is C14H18N2O3. The van der Waals surface area contributed by atoms with Gasteiger partial charge in [0.25, 0.3) is 0 Å². The van der Waals surface area contributed by atoms with Gasteiger partial charge in [-0.3, -0.25) is 0 Å². The van der Waals surface area contributed by atoms with Gasteiger partial charge in [0.05, 0.1) is 6.54 Å². The smallest absolute Gasteiger partial charge is 0.410 e. The lowest BCUT2D eigenvalue weighted by Gasteiger charge is -2.15. The van der Waals surface area contributed by atoms with Crippen LogP contribution < -0.4 is 5.32 Å². The van der Waals surface area contributed by atoms with E-state index >= 15 is 0 Å². The normalized spacial score (nSPS) is 26.7. The fraction of sp³-hybridized carbons (Fsp3) is 0.500. The second kappa shape index (κ2) is 5.09. The zero-order valence-electron chi connectivity index (χ0n) is 10.7. The summed E-state index contributed by atoms with van der Waals surface area (Å²) in [5.41, 5.74) is 1.000. The molecule has 2 atom stereocenters. The third-order valence-corrected chi connectivity index (χ3v) is 3.84. The van der Waals surface area contributed by atoms with Crippen molar-refractivity contribution in [1.29, 1.82) is 0 Å². The van der Waals surface area contributed by atoms with Gasteiger partial charge >= 0.3 is 6.09 Å². The highest BCUT2D eigenvalue weighted by molar-refractivity contribution is 5.70. The molecule has 0 radical (unpaired) electrons. The molecule has 2 N–H and O–H groups in total. The van der Waals surface area contributed by atoms with Crippen LogP contribution in [0.1, 0.15) is 12.0 Å². The Kier molecular flexibility index (Phi) is 3.29. The Morgan fingerprint density at radius 2 is 2.16 bits per heavy atom. The number of benzene rings is 1. The highest BCUT2D eigenvalue weighted by Gasteiger charge is 2.37.